The van der Waals surface area contributed by atoms with Gasteiger partial charge in [-0.3, -0.25) is 4.90 Å². The maximum atomic E-state index is 12.8. The lowest BCUT2D eigenvalue weighted by Crippen LogP contribution is -2.53. The van der Waals surface area contributed by atoms with Crippen LogP contribution in [0.3, 0.4) is 0 Å². The summed E-state index contributed by atoms with van der Waals surface area (Å²) in [7, 11) is 1.23. The maximum Gasteiger partial charge on any atom is 0.430 e. The van der Waals surface area contributed by atoms with Crippen LogP contribution in [0.2, 0.25) is 0 Å². The highest BCUT2D eigenvalue weighted by atomic mass is 19.4. The molecule has 1 rings (SSSR count). The summed E-state index contributed by atoms with van der Waals surface area (Å²) >= 11 is 0. The van der Waals surface area contributed by atoms with Crippen LogP contribution in [0.25, 0.3) is 0 Å². The fourth-order valence-electron chi connectivity index (χ4n) is 1.85. The lowest BCUT2D eigenvalue weighted by Gasteiger charge is -2.32. The third kappa shape index (κ3) is 4.25. The number of hydrogen-bond acceptors (Lipinski definition) is 3. The van der Waals surface area contributed by atoms with Gasteiger partial charge in [0, 0.05) is 18.3 Å². The van der Waals surface area contributed by atoms with Crippen molar-refractivity contribution in [3.8, 4) is 0 Å². The molecule has 1 aromatic rings. The number of carbonyl (C=O) groups is 1. The molecule has 1 N–H and O–H groups in total. The molecule has 0 aliphatic rings. The van der Waals surface area contributed by atoms with Crippen LogP contribution in [-0.4, -0.2) is 37.2 Å². The zero-order valence-corrected chi connectivity index (χ0v) is 13.0. The van der Waals surface area contributed by atoms with Crippen molar-refractivity contribution in [3.63, 3.8) is 0 Å². The summed E-state index contributed by atoms with van der Waals surface area (Å²) in [5.74, 6) is 0. The van der Waals surface area contributed by atoms with E-state index in [0.29, 0.717) is 18.6 Å². The van der Waals surface area contributed by atoms with E-state index in [1.165, 1.54) is 13.1 Å². The zero-order chi connectivity index (χ0) is 19.5. The lowest BCUT2D eigenvalue weighted by molar-refractivity contribution is -0.376. The summed E-state index contributed by atoms with van der Waals surface area (Å²) in [5, 5.41) is 9.27. The second-order valence-corrected chi connectivity index (χ2v) is 5.00. The van der Waals surface area contributed by atoms with Gasteiger partial charge in [0.25, 0.3) is 5.60 Å². The first-order valence-corrected chi connectivity index (χ1v) is 6.84. The third-order valence-corrected chi connectivity index (χ3v) is 3.31. The second kappa shape index (κ2) is 7.34. The molecule has 0 unspecified atom stereocenters. The molecule has 1 amide bonds. The second-order valence-electron chi connectivity index (χ2n) is 5.00. The molecule has 0 bridgehead atoms. The summed E-state index contributed by atoms with van der Waals surface area (Å²) in [5.41, 5.74) is -6.44. The molecule has 0 fully saturated rings. The van der Waals surface area contributed by atoms with E-state index in [4.69, 9.17) is 4.74 Å². The van der Waals surface area contributed by atoms with Crippen LogP contribution >= 0.6 is 0 Å². The van der Waals surface area contributed by atoms with Crippen LogP contribution in [0, 0.1) is 0 Å². The molecule has 0 spiro atoms. The number of anilines is 1. The van der Waals surface area contributed by atoms with E-state index < -0.39 is 29.6 Å². The molecule has 1 aromatic carbocycles. The Morgan fingerprint density at radius 1 is 1.16 bits per heavy atom. The Balaban J connectivity index is 3.09. The first kappa shape index (κ1) is 20.8. The number of aliphatic hydroxyl groups is 1. The standard InChI is InChI=1S/C15H15F6NO3/c1-3-4-9-25-12(23)22(2)11-7-5-10(6-8-11)13(24,14(16,17)18)15(19,20)21/h3,5-8,24H,1,4,9H2,2H3. The van der Waals surface area contributed by atoms with Gasteiger partial charge in [-0.1, -0.05) is 18.2 Å². The summed E-state index contributed by atoms with van der Waals surface area (Å²) < 4.78 is 81.5. The zero-order valence-electron chi connectivity index (χ0n) is 13.0. The number of amides is 1. The number of ether oxygens (including phenoxy) is 1. The van der Waals surface area contributed by atoms with Gasteiger partial charge in [0.15, 0.2) is 0 Å². The van der Waals surface area contributed by atoms with Crippen molar-refractivity contribution in [1.29, 1.82) is 0 Å². The Labute approximate surface area is 139 Å². The van der Waals surface area contributed by atoms with Crippen LogP contribution in [0.5, 0.6) is 0 Å². The molecule has 10 heteroatoms. The number of halogens is 6. The number of carbonyl (C=O) groups excluding carboxylic acids is 1. The number of hydrogen-bond donors (Lipinski definition) is 1. The molecule has 0 heterocycles. The van der Waals surface area contributed by atoms with Crippen molar-refractivity contribution in [2.75, 3.05) is 18.6 Å². The Bertz CT molecular complexity index is 595. The predicted octanol–water partition coefficient (Wildman–Crippen LogP) is 4.15. The van der Waals surface area contributed by atoms with E-state index >= 15 is 0 Å². The average molecular weight is 371 g/mol. The van der Waals surface area contributed by atoms with Crippen LogP contribution in [0.1, 0.15) is 12.0 Å². The van der Waals surface area contributed by atoms with E-state index in [-0.39, 0.29) is 12.3 Å². The molecule has 0 radical (unpaired) electrons. The largest absolute Gasteiger partial charge is 0.449 e. The fraction of sp³-hybridized carbons (Fsp3) is 0.400. The van der Waals surface area contributed by atoms with Crippen molar-refractivity contribution < 1.29 is 41.0 Å². The first-order chi connectivity index (χ1) is 11.4. The van der Waals surface area contributed by atoms with Crippen LogP contribution in [0.4, 0.5) is 36.8 Å². The van der Waals surface area contributed by atoms with Gasteiger partial charge >= 0.3 is 18.4 Å². The van der Waals surface area contributed by atoms with E-state index in [1.807, 2.05) is 0 Å². The smallest absolute Gasteiger partial charge is 0.430 e. The minimum absolute atomic E-state index is 0.0148. The first-order valence-electron chi connectivity index (χ1n) is 6.84. The quantitative estimate of drug-likeness (QED) is 0.481. The normalized spacial score (nSPS) is 12.6. The van der Waals surface area contributed by atoms with E-state index in [2.05, 4.69) is 6.58 Å². The van der Waals surface area contributed by atoms with Crippen LogP contribution < -0.4 is 4.90 Å². The molecule has 140 valence electrons. The summed E-state index contributed by atoms with van der Waals surface area (Å²) in [6.45, 7) is 3.44. The monoisotopic (exact) mass is 371 g/mol. The van der Waals surface area contributed by atoms with E-state index in [0.717, 1.165) is 17.0 Å². The van der Waals surface area contributed by atoms with Crippen LogP contribution in [-0.2, 0) is 10.3 Å². The van der Waals surface area contributed by atoms with E-state index in [9.17, 15) is 36.2 Å². The Hall–Kier alpha value is -2.23. The van der Waals surface area contributed by atoms with E-state index in [1.54, 1.807) is 0 Å². The summed E-state index contributed by atoms with van der Waals surface area (Å²) in [6.07, 6.45) is -10.9. The molecule has 4 nitrogen and oxygen atoms in total. The Morgan fingerprint density at radius 2 is 1.64 bits per heavy atom. The van der Waals surface area contributed by atoms with Crippen molar-refractivity contribution in [2.45, 2.75) is 24.4 Å². The highest BCUT2D eigenvalue weighted by molar-refractivity contribution is 5.86. The topological polar surface area (TPSA) is 49.8 Å². The number of alkyl halides is 6. The van der Waals surface area contributed by atoms with Gasteiger partial charge in [-0.2, -0.15) is 26.3 Å². The van der Waals surface area contributed by atoms with Gasteiger partial charge in [-0.05, 0) is 18.6 Å². The van der Waals surface area contributed by atoms with Crippen LogP contribution in [0.15, 0.2) is 36.9 Å². The number of benzene rings is 1. The van der Waals surface area contributed by atoms with Gasteiger partial charge in [-0.25, -0.2) is 4.79 Å². The predicted molar refractivity (Wildman–Crippen MR) is 77.0 cm³/mol. The third-order valence-electron chi connectivity index (χ3n) is 3.31. The summed E-state index contributed by atoms with van der Waals surface area (Å²) in [6, 6.07) is 2.58. The molecule has 0 aliphatic carbocycles. The molecular formula is C15H15F6NO3. The van der Waals surface area contributed by atoms with Crippen molar-refractivity contribution >= 4 is 11.8 Å². The minimum atomic E-state index is -5.97. The average Bonchev–Trinajstić information content (AvgIpc) is 2.51. The van der Waals surface area contributed by atoms with Crippen molar-refractivity contribution in [2.24, 2.45) is 0 Å². The molecule has 0 saturated heterocycles. The molecule has 0 saturated carbocycles. The lowest BCUT2D eigenvalue weighted by atomic mass is 9.92. The highest BCUT2D eigenvalue weighted by Crippen LogP contribution is 2.50. The number of rotatable bonds is 5. The SMILES string of the molecule is C=CCCOC(=O)N(C)c1ccc(C(O)(C(F)(F)F)C(F)(F)F)cc1. The molecule has 0 atom stereocenters. The molecule has 25 heavy (non-hydrogen) atoms. The van der Waals surface area contributed by atoms with Gasteiger partial charge in [0.1, 0.15) is 0 Å². The van der Waals surface area contributed by atoms with Gasteiger partial charge in [0.2, 0.25) is 0 Å². The van der Waals surface area contributed by atoms with Gasteiger partial charge < -0.3 is 9.84 Å². The fourth-order valence-corrected chi connectivity index (χ4v) is 1.85. The van der Waals surface area contributed by atoms with Gasteiger partial charge in [0.05, 0.1) is 6.61 Å². The number of nitrogens with zero attached hydrogens (tertiary/aromatic N) is 1. The molecular weight excluding hydrogens is 356 g/mol. The van der Waals surface area contributed by atoms with Crippen molar-refractivity contribution in [3.05, 3.63) is 42.5 Å². The minimum Gasteiger partial charge on any atom is -0.449 e. The summed E-state index contributed by atoms with van der Waals surface area (Å²) in [4.78, 5) is 12.6. The Kier molecular flexibility index (Phi) is 6.11. The highest BCUT2D eigenvalue weighted by Gasteiger charge is 2.71. The van der Waals surface area contributed by atoms with Gasteiger partial charge in [-0.15, -0.1) is 6.58 Å². The Morgan fingerprint density at radius 3 is 2.04 bits per heavy atom. The molecule has 0 aliphatic heterocycles. The molecule has 0 aromatic heterocycles. The maximum absolute atomic E-state index is 12.8. The van der Waals surface area contributed by atoms with Crippen molar-refractivity contribution in [1.82, 2.24) is 0 Å².